The maximum absolute atomic E-state index is 11.9. The first-order chi connectivity index (χ1) is 22.7. The molecule has 1 aromatic heterocycles. The van der Waals surface area contributed by atoms with Crippen molar-refractivity contribution in [3.05, 3.63) is 95.1 Å². The van der Waals surface area contributed by atoms with Crippen LogP contribution >= 0.6 is 0 Å². The first-order valence-corrected chi connectivity index (χ1v) is 17.1. The van der Waals surface area contributed by atoms with Gasteiger partial charge in [0.25, 0.3) is 0 Å². The molecule has 8 nitrogen and oxygen atoms in total. The van der Waals surface area contributed by atoms with Gasteiger partial charge in [-0.2, -0.15) is 5.10 Å². The zero-order valence-corrected chi connectivity index (χ0v) is 30.7. The Morgan fingerprint density at radius 2 is 1.22 bits per heavy atom. The second-order valence-corrected chi connectivity index (χ2v) is 17.2. The predicted molar refractivity (Wildman–Crippen MR) is 203 cm³/mol. The number of phenols is 2. The van der Waals surface area contributed by atoms with Crippen molar-refractivity contribution < 1.29 is 10.2 Å². The van der Waals surface area contributed by atoms with E-state index in [-0.39, 0.29) is 45.3 Å². The Morgan fingerprint density at radius 3 is 1.76 bits per heavy atom. The Balaban J connectivity index is 1.68. The lowest BCUT2D eigenvalue weighted by atomic mass is 9.71. The summed E-state index contributed by atoms with van der Waals surface area (Å²) in [6, 6.07) is 15.7. The van der Waals surface area contributed by atoms with Crippen molar-refractivity contribution in [3.8, 4) is 17.2 Å². The fourth-order valence-electron chi connectivity index (χ4n) is 7.38. The lowest BCUT2D eigenvalue weighted by Crippen LogP contribution is -2.25. The van der Waals surface area contributed by atoms with Gasteiger partial charge in [-0.3, -0.25) is 10.8 Å². The van der Waals surface area contributed by atoms with Crippen molar-refractivity contribution in [1.29, 1.82) is 5.41 Å². The van der Waals surface area contributed by atoms with Crippen molar-refractivity contribution in [2.45, 2.75) is 99.3 Å². The molecule has 0 amide bonds. The molecule has 5 rings (SSSR count). The zero-order chi connectivity index (χ0) is 35.9. The first kappa shape index (κ1) is 35.6. The Labute approximate surface area is 291 Å². The summed E-state index contributed by atoms with van der Waals surface area (Å²) >= 11 is 0. The molecular formula is C41H52N6O2. The average Bonchev–Trinajstić information content (AvgIpc) is 3.41. The van der Waals surface area contributed by atoms with Crippen LogP contribution in [0.4, 0.5) is 5.69 Å². The van der Waals surface area contributed by atoms with Gasteiger partial charge in [0.05, 0.1) is 11.4 Å². The lowest BCUT2D eigenvalue weighted by molar-refractivity contribution is 0.283. The van der Waals surface area contributed by atoms with E-state index in [2.05, 4.69) is 91.9 Å². The lowest BCUT2D eigenvalue weighted by Gasteiger charge is -2.34. The van der Waals surface area contributed by atoms with E-state index in [4.69, 9.17) is 15.6 Å². The van der Waals surface area contributed by atoms with Crippen LogP contribution < -0.4 is 5.43 Å². The molecule has 0 radical (unpaired) electrons. The quantitative estimate of drug-likeness (QED) is 0.0810. The normalized spacial score (nSPS) is 15.1. The van der Waals surface area contributed by atoms with E-state index in [0.717, 1.165) is 35.0 Å². The number of benzene rings is 3. The van der Waals surface area contributed by atoms with Gasteiger partial charge in [-0.25, -0.2) is 0 Å². The van der Waals surface area contributed by atoms with Gasteiger partial charge in [0, 0.05) is 17.5 Å². The maximum atomic E-state index is 11.9. The number of nitrogens with one attached hydrogen (secondary N) is 2. The molecule has 0 saturated carbocycles. The molecule has 1 aliphatic rings. The molecule has 0 fully saturated rings. The van der Waals surface area contributed by atoms with E-state index >= 15 is 0 Å². The third-order valence-corrected chi connectivity index (χ3v) is 8.95. The topological polar surface area (TPSA) is 119 Å². The Hall–Kier alpha value is -4.72. The molecule has 3 aromatic carbocycles. The van der Waals surface area contributed by atoms with Crippen LogP contribution in [0.1, 0.15) is 104 Å². The minimum Gasteiger partial charge on any atom is -0.505 e. The summed E-state index contributed by atoms with van der Waals surface area (Å²) in [7, 11) is 0. The zero-order valence-electron chi connectivity index (χ0n) is 30.7. The highest BCUT2D eigenvalue weighted by Crippen LogP contribution is 2.44. The highest BCUT2D eigenvalue weighted by atomic mass is 16.3. The second kappa shape index (κ2) is 13.0. The number of hydrogen-bond acceptors (Lipinski definition) is 7. The largest absolute Gasteiger partial charge is 0.505 e. The van der Waals surface area contributed by atoms with Crippen LogP contribution in [-0.4, -0.2) is 36.6 Å². The van der Waals surface area contributed by atoms with Crippen LogP contribution in [0.25, 0.3) is 16.7 Å². The molecule has 1 heterocycles. The molecule has 0 unspecified atom stereocenters. The summed E-state index contributed by atoms with van der Waals surface area (Å²) in [4.78, 5) is 1.52. The molecule has 0 atom stereocenters. The molecule has 0 aliphatic heterocycles. The molecule has 258 valence electrons. The fraction of sp³-hybridized carbons (Fsp3) is 0.415. The number of aromatic nitrogens is 3. The smallest absolute Gasteiger partial charge is 0.146 e. The number of fused-ring (bicyclic) bond motifs is 1. The van der Waals surface area contributed by atoms with E-state index in [1.165, 1.54) is 4.80 Å². The Bertz CT molecular complexity index is 1950. The van der Waals surface area contributed by atoms with Crippen LogP contribution in [-0.2, 0) is 17.3 Å². The fourth-order valence-corrected chi connectivity index (χ4v) is 7.38. The van der Waals surface area contributed by atoms with Crippen LogP contribution in [0.2, 0.25) is 0 Å². The number of phenolic OH excluding ortho intramolecular Hbond substituents is 2. The number of anilines is 1. The van der Waals surface area contributed by atoms with Gasteiger partial charge in [0.2, 0.25) is 0 Å². The summed E-state index contributed by atoms with van der Waals surface area (Å²) < 4.78 is 0. The van der Waals surface area contributed by atoms with Crippen LogP contribution in [0.5, 0.6) is 11.5 Å². The number of aromatic hydroxyl groups is 2. The SMILES string of the molecule is CC(C)(C)CC(C)(C)c1cc(Cc2cc(C(C)(C)CC(C)(C)C)cc(-n3nc4ccccc4n3)c2O)c(O)c(N/N=C2/C=CC=CC2=N)c1. The summed E-state index contributed by atoms with van der Waals surface area (Å²) in [5.74, 6) is 0.112. The van der Waals surface area contributed by atoms with Crippen molar-refractivity contribution in [2.24, 2.45) is 15.9 Å². The third kappa shape index (κ3) is 8.30. The van der Waals surface area contributed by atoms with Crippen molar-refractivity contribution in [3.63, 3.8) is 0 Å². The van der Waals surface area contributed by atoms with Crippen molar-refractivity contribution >= 4 is 28.1 Å². The van der Waals surface area contributed by atoms with E-state index in [0.29, 0.717) is 28.2 Å². The molecule has 49 heavy (non-hydrogen) atoms. The maximum Gasteiger partial charge on any atom is 0.146 e. The third-order valence-electron chi connectivity index (χ3n) is 8.95. The standard InChI is InChI=1S/C41H52N6O2/c1-38(2,3)24-40(7,8)28-20-26(36(48)34(22-28)44-43-31-16-12-11-15-30(31)42)19-27-21-29(41(9,10)25-39(4,5)6)23-35(37(27)49)47-45-32-17-13-14-18-33(32)46-47/h11-18,20-23,42,44,48-49H,19,24-25H2,1-10H3/b42-30?,43-31-. The average molecular weight is 661 g/mol. The summed E-state index contributed by atoms with van der Waals surface area (Å²) in [5, 5.41) is 45.9. The monoisotopic (exact) mass is 660 g/mol. The van der Waals surface area contributed by atoms with Gasteiger partial charge in [-0.15, -0.1) is 15.0 Å². The van der Waals surface area contributed by atoms with Crippen LogP contribution in [0.3, 0.4) is 0 Å². The highest BCUT2D eigenvalue weighted by Gasteiger charge is 2.31. The number of hydrazone groups is 1. The molecular weight excluding hydrogens is 608 g/mol. The van der Waals surface area contributed by atoms with E-state index in [1.807, 2.05) is 42.5 Å². The van der Waals surface area contributed by atoms with Crippen molar-refractivity contribution in [1.82, 2.24) is 15.0 Å². The first-order valence-electron chi connectivity index (χ1n) is 17.1. The molecule has 0 spiro atoms. The molecule has 4 aromatic rings. The Kier molecular flexibility index (Phi) is 9.41. The summed E-state index contributed by atoms with van der Waals surface area (Å²) in [6.45, 7) is 22.3. The molecule has 1 aliphatic carbocycles. The molecule has 8 heteroatoms. The number of hydrogen-bond donors (Lipinski definition) is 4. The molecule has 4 N–H and O–H groups in total. The van der Waals surface area contributed by atoms with Gasteiger partial charge in [-0.05, 0) is 82.0 Å². The summed E-state index contributed by atoms with van der Waals surface area (Å²) in [6.07, 6.45) is 9.14. The van der Waals surface area contributed by atoms with Gasteiger partial charge in [-0.1, -0.05) is 106 Å². The molecule has 0 saturated heterocycles. The van der Waals surface area contributed by atoms with Gasteiger partial charge >= 0.3 is 0 Å². The number of nitrogens with zero attached hydrogens (tertiary/aromatic N) is 4. The van der Waals surface area contributed by atoms with Gasteiger partial charge < -0.3 is 10.2 Å². The van der Waals surface area contributed by atoms with Crippen LogP contribution in [0.15, 0.2) is 77.9 Å². The van der Waals surface area contributed by atoms with Gasteiger partial charge in [0.15, 0.2) is 0 Å². The molecule has 0 bridgehead atoms. The number of allylic oxidation sites excluding steroid dienone is 4. The minimum atomic E-state index is -0.243. The second-order valence-electron chi connectivity index (χ2n) is 17.2. The summed E-state index contributed by atoms with van der Waals surface area (Å²) in [5.41, 5.74) is 9.29. The van der Waals surface area contributed by atoms with Gasteiger partial charge in [0.1, 0.15) is 33.9 Å². The Morgan fingerprint density at radius 1 is 0.714 bits per heavy atom. The minimum absolute atomic E-state index is 0.0461. The van der Waals surface area contributed by atoms with Crippen LogP contribution in [0, 0.1) is 16.2 Å². The van der Waals surface area contributed by atoms with E-state index < -0.39 is 0 Å². The highest BCUT2D eigenvalue weighted by molar-refractivity contribution is 6.50. The van der Waals surface area contributed by atoms with E-state index in [9.17, 15) is 10.2 Å². The predicted octanol–water partition coefficient (Wildman–Crippen LogP) is 9.76. The van der Waals surface area contributed by atoms with E-state index in [1.54, 1.807) is 18.2 Å². The number of rotatable bonds is 9. The van der Waals surface area contributed by atoms with Crippen molar-refractivity contribution in [2.75, 3.05) is 5.43 Å².